The van der Waals surface area contributed by atoms with Gasteiger partial charge in [-0.05, 0) is 0 Å². The normalized spacial score (nSPS) is 19.7. The topological polar surface area (TPSA) is 0 Å². The Labute approximate surface area is 81.0 Å². The van der Waals surface area contributed by atoms with Crippen molar-refractivity contribution < 1.29 is 21.0 Å². The molecule has 1 heteroatoms. The minimum atomic E-state index is -1.68. The molecule has 0 atom stereocenters. The Balaban J connectivity index is 2.11. The predicted molar refractivity (Wildman–Crippen MR) is 50.8 cm³/mol. The second kappa shape index (κ2) is 3.61. The van der Waals surface area contributed by atoms with E-state index in [9.17, 15) is 0 Å². The summed E-state index contributed by atoms with van der Waals surface area (Å²) in [5.41, 5.74) is 0. The first kappa shape index (κ1) is 8.31. The van der Waals surface area contributed by atoms with Crippen molar-refractivity contribution in [3.63, 3.8) is 0 Å². The van der Waals surface area contributed by atoms with Gasteiger partial charge in [0.15, 0.2) is 0 Å². The first-order valence-electron chi connectivity index (χ1n) is 4.29. The maximum atomic E-state index is 4.40. The molecule has 2 aliphatic rings. The molecule has 2 aliphatic carbocycles. The fourth-order valence-electron chi connectivity index (χ4n) is 1.55. The molecule has 0 bridgehead atoms. The van der Waals surface area contributed by atoms with E-state index in [-0.39, 0.29) is 0 Å². The number of hydrogen-bond donors (Lipinski definition) is 0. The molecule has 0 radical (unpaired) electrons. The van der Waals surface area contributed by atoms with Gasteiger partial charge in [-0.2, -0.15) is 0 Å². The van der Waals surface area contributed by atoms with Crippen molar-refractivity contribution in [3.05, 3.63) is 43.1 Å². The van der Waals surface area contributed by atoms with Gasteiger partial charge in [-0.15, -0.1) is 0 Å². The van der Waals surface area contributed by atoms with Gasteiger partial charge in [0.1, 0.15) is 0 Å². The molecule has 0 fully saturated rings. The molecular formula is C11H12Hf. The summed E-state index contributed by atoms with van der Waals surface area (Å²) >= 11 is -1.68. The van der Waals surface area contributed by atoms with Crippen molar-refractivity contribution in [1.82, 2.24) is 0 Å². The van der Waals surface area contributed by atoms with E-state index in [0.717, 1.165) is 0 Å². The van der Waals surface area contributed by atoms with Gasteiger partial charge < -0.3 is 0 Å². The molecule has 12 heavy (non-hydrogen) atoms. The zero-order chi connectivity index (χ0) is 8.39. The SMILES string of the molecule is [CH2]=[Hf]([C]1=CC=CC1)[C]1=CC=CC1. The summed E-state index contributed by atoms with van der Waals surface area (Å²) in [5, 5.41) is 0. The third kappa shape index (κ3) is 1.56. The first-order valence-corrected chi connectivity index (χ1v) is 10.4. The van der Waals surface area contributed by atoms with E-state index in [1.165, 1.54) is 12.8 Å². The number of hydrogen-bond acceptors (Lipinski definition) is 0. The second-order valence-electron chi connectivity index (χ2n) is 3.13. The summed E-state index contributed by atoms with van der Waals surface area (Å²) in [6.45, 7) is 0. The van der Waals surface area contributed by atoms with Gasteiger partial charge in [-0.1, -0.05) is 0 Å². The zero-order valence-corrected chi connectivity index (χ0v) is 10.7. The van der Waals surface area contributed by atoms with E-state index in [1.54, 1.807) is 6.66 Å². The quantitative estimate of drug-likeness (QED) is 0.686. The molecule has 0 aromatic heterocycles. The van der Waals surface area contributed by atoms with Crippen molar-refractivity contribution in [1.29, 1.82) is 0 Å². The van der Waals surface area contributed by atoms with Crippen LogP contribution in [-0.4, -0.2) is 4.26 Å². The fraction of sp³-hybridized carbons (Fsp3) is 0.182. The molecule has 0 spiro atoms. The molecule has 0 saturated carbocycles. The van der Waals surface area contributed by atoms with Gasteiger partial charge in [0.05, 0.1) is 0 Å². The van der Waals surface area contributed by atoms with Crippen molar-refractivity contribution >= 4 is 4.26 Å². The monoisotopic (exact) mass is 324 g/mol. The van der Waals surface area contributed by atoms with Gasteiger partial charge in [-0.3, -0.25) is 0 Å². The Bertz CT molecular complexity index is 295. The van der Waals surface area contributed by atoms with Crippen LogP contribution in [0.4, 0.5) is 0 Å². The van der Waals surface area contributed by atoms with Crippen molar-refractivity contribution in [2.24, 2.45) is 0 Å². The summed E-state index contributed by atoms with van der Waals surface area (Å²) in [6, 6.07) is 0. The van der Waals surface area contributed by atoms with Crippen LogP contribution in [0.15, 0.2) is 43.1 Å². The van der Waals surface area contributed by atoms with Crippen molar-refractivity contribution in [3.8, 4) is 0 Å². The first-order chi connectivity index (χ1) is 5.88. The van der Waals surface area contributed by atoms with Crippen LogP contribution >= 0.6 is 0 Å². The van der Waals surface area contributed by atoms with Crippen molar-refractivity contribution in [2.75, 3.05) is 0 Å². The molecule has 0 saturated heterocycles. The van der Waals surface area contributed by atoms with Crippen LogP contribution in [0.3, 0.4) is 0 Å². The Hall–Kier alpha value is -0.300. The van der Waals surface area contributed by atoms with Crippen LogP contribution in [0.2, 0.25) is 0 Å². The molecule has 0 aromatic carbocycles. The number of rotatable bonds is 2. The van der Waals surface area contributed by atoms with Crippen molar-refractivity contribution in [2.45, 2.75) is 12.8 Å². The van der Waals surface area contributed by atoms with Gasteiger partial charge in [-0.25, -0.2) is 0 Å². The molecule has 0 N–H and O–H groups in total. The molecule has 60 valence electrons. The summed E-state index contributed by atoms with van der Waals surface area (Å²) in [6.07, 6.45) is 15.8. The van der Waals surface area contributed by atoms with E-state index < -0.39 is 21.0 Å². The van der Waals surface area contributed by atoms with Crippen LogP contribution in [-0.2, 0) is 21.0 Å². The number of allylic oxidation sites excluding steroid dienone is 8. The summed E-state index contributed by atoms with van der Waals surface area (Å²) < 4.78 is 7.72. The van der Waals surface area contributed by atoms with E-state index >= 15 is 0 Å². The average Bonchev–Trinajstić information content (AvgIpc) is 2.77. The molecular weight excluding hydrogens is 311 g/mol. The molecule has 0 aliphatic heterocycles. The Morgan fingerprint density at radius 2 is 1.50 bits per heavy atom. The third-order valence-electron chi connectivity index (χ3n) is 2.32. The molecule has 0 aromatic rings. The van der Waals surface area contributed by atoms with Crippen LogP contribution < -0.4 is 0 Å². The fourth-order valence-corrected chi connectivity index (χ4v) is 7.78. The van der Waals surface area contributed by atoms with Crippen LogP contribution in [0.25, 0.3) is 0 Å². The van der Waals surface area contributed by atoms with Gasteiger partial charge >= 0.3 is 81.2 Å². The molecule has 0 nitrogen and oxygen atoms in total. The van der Waals surface area contributed by atoms with Crippen LogP contribution in [0.1, 0.15) is 12.8 Å². The average molecular weight is 323 g/mol. The van der Waals surface area contributed by atoms with E-state index in [2.05, 4.69) is 40.7 Å². The van der Waals surface area contributed by atoms with E-state index in [0.29, 0.717) is 0 Å². The molecule has 2 rings (SSSR count). The van der Waals surface area contributed by atoms with Gasteiger partial charge in [0.2, 0.25) is 0 Å². The zero-order valence-electron chi connectivity index (χ0n) is 7.09. The molecule has 0 heterocycles. The van der Waals surface area contributed by atoms with E-state index in [4.69, 9.17) is 0 Å². The second-order valence-corrected chi connectivity index (χ2v) is 11.2. The summed E-state index contributed by atoms with van der Waals surface area (Å²) in [4.78, 5) is 0. The Morgan fingerprint density at radius 3 is 1.83 bits per heavy atom. The van der Waals surface area contributed by atoms with Crippen LogP contribution in [0.5, 0.6) is 0 Å². The Morgan fingerprint density at radius 1 is 1.00 bits per heavy atom. The van der Waals surface area contributed by atoms with Gasteiger partial charge in [0.25, 0.3) is 0 Å². The standard InChI is InChI=1S/2C5H5.CH2.Hf/c2*1-2-4-5-3-1;;/h2*1-3H,4H2;1H2;. The van der Waals surface area contributed by atoms with Crippen LogP contribution in [0, 0.1) is 0 Å². The Kier molecular flexibility index (Phi) is 2.50. The third-order valence-corrected chi connectivity index (χ3v) is 10.6. The van der Waals surface area contributed by atoms with E-state index in [1.807, 2.05) is 0 Å². The molecule has 0 unspecified atom stereocenters. The van der Waals surface area contributed by atoms with Gasteiger partial charge in [0, 0.05) is 0 Å². The summed E-state index contributed by atoms with van der Waals surface area (Å²) in [5.74, 6) is 0. The molecule has 0 amide bonds. The maximum absolute atomic E-state index is 4.40. The minimum absolute atomic E-state index is 1.18. The summed E-state index contributed by atoms with van der Waals surface area (Å²) in [7, 11) is 0. The predicted octanol–water partition coefficient (Wildman–Crippen LogP) is 2.72.